The number of carbonyl (C=O) groups excluding carboxylic acids is 4. The number of carbonyl (C=O) groups is 5. The van der Waals surface area contributed by atoms with Crippen molar-refractivity contribution in [1.29, 1.82) is 0 Å². The van der Waals surface area contributed by atoms with Gasteiger partial charge in [0.15, 0.2) is 0 Å². The van der Waals surface area contributed by atoms with Gasteiger partial charge >= 0.3 is 5.97 Å². The minimum atomic E-state index is -1.25. The van der Waals surface area contributed by atoms with E-state index in [1.165, 1.54) is 4.90 Å². The van der Waals surface area contributed by atoms with E-state index in [0.29, 0.717) is 7.14 Å². The first-order valence-corrected chi connectivity index (χ1v) is 16.6. The van der Waals surface area contributed by atoms with E-state index < -0.39 is 32.3 Å². The van der Waals surface area contributed by atoms with E-state index in [1.807, 2.05) is 67.8 Å². The Bertz CT molecular complexity index is 1050. The van der Waals surface area contributed by atoms with Gasteiger partial charge in [0.1, 0.15) is 0 Å². The predicted octanol–water partition coefficient (Wildman–Crippen LogP) is 4.16. The molecule has 0 saturated heterocycles. The van der Waals surface area contributed by atoms with Crippen LogP contribution in [0, 0.1) is 10.7 Å². The molecule has 0 spiro atoms. The maximum atomic E-state index is 13.8. The fraction of sp³-hybridized carbons (Fsp3) is 0.476. The average Bonchev–Trinajstić information content (AvgIpc) is 2.79. The molecule has 1 aromatic rings. The molecule has 1 rings (SSSR count). The van der Waals surface area contributed by atoms with Crippen molar-refractivity contribution in [2.75, 3.05) is 31.5 Å². The van der Waals surface area contributed by atoms with Crippen LogP contribution in [0.1, 0.15) is 41.5 Å². The number of nitrogens with zero attached hydrogens (tertiary/aromatic N) is 1. The van der Waals surface area contributed by atoms with Gasteiger partial charge in [-0.25, -0.2) is 4.79 Å². The van der Waals surface area contributed by atoms with Crippen LogP contribution in [0.2, 0.25) is 0 Å². The molecule has 1 aromatic carbocycles. The molecule has 0 aromatic heterocycles. The third kappa shape index (κ3) is 10.3. The first-order chi connectivity index (χ1) is 17.1. The van der Waals surface area contributed by atoms with Crippen molar-refractivity contribution in [3.63, 3.8) is 0 Å². The number of amides is 4. The van der Waals surface area contributed by atoms with Crippen LogP contribution < -0.4 is 16.0 Å². The molecule has 16 heteroatoms. The van der Waals surface area contributed by atoms with Gasteiger partial charge in [-0.05, 0) is 88.5 Å². The van der Waals surface area contributed by atoms with Crippen LogP contribution in [0.3, 0.4) is 0 Å². The van der Waals surface area contributed by atoms with Gasteiger partial charge in [-0.3, -0.25) is 19.2 Å². The zero-order valence-electron chi connectivity index (χ0n) is 19.8. The molecule has 0 radical (unpaired) electrons. The predicted molar refractivity (Wildman–Crippen MR) is 177 cm³/mol. The number of carboxylic acid groups (broad SMARTS) is 1. The van der Waals surface area contributed by atoms with Gasteiger partial charge in [0, 0.05) is 29.7 Å². The molecule has 4 amide bonds. The zero-order chi connectivity index (χ0) is 28.6. The normalized spacial score (nSPS) is 13.2. The number of carboxylic acids is 1. The van der Waals surface area contributed by atoms with Crippen LogP contribution in [0.15, 0.2) is 0 Å². The van der Waals surface area contributed by atoms with Crippen molar-refractivity contribution < 1.29 is 29.1 Å². The molecule has 10 nitrogen and oxygen atoms in total. The molecule has 0 aliphatic carbocycles. The summed E-state index contributed by atoms with van der Waals surface area (Å²) in [4.78, 5) is 62.3. The summed E-state index contributed by atoms with van der Waals surface area (Å²) in [6, 6.07) is 0. The zero-order valence-corrected chi connectivity index (χ0v) is 31.0. The lowest BCUT2D eigenvalue weighted by Gasteiger charge is -2.26. The summed E-state index contributed by atoms with van der Waals surface area (Å²) < 4.78 is 0.889. The lowest BCUT2D eigenvalue weighted by atomic mass is 10.1. The largest absolute Gasteiger partial charge is 0.478 e. The van der Waals surface area contributed by atoms with Crippen LogP contribution in [-0.2, 0) is 14.4 Å². The number of rotatable bonds is 12. The summed E-state index contributed by atoms with van der Waals surface area (Å²) >= 11 is 15.2. The summed E-state index contributed by atoms with van der Waals surface area (Å²) in [6.07, 6.45) is 0. The van der Waals surface area contributed by atoms with Gasteiger partial charge in [0.05, 0.1) is 38.4 Å². The first-order valence-electron chi connectivity index (χ1n) is 10.6. The molecule has 206 valence electrons. The molecule has 37 heavy (non-hydrogen) atoms. The molecular weight excluding hydrogens is 1020 g/mol. The number of anilines is 1. The quantitative estimate of drug-likeness (QED) is 0.183. The number of hydrogen-bond donors (Lipinski definition) is 4. The van der Waals surface area contributed by atoms with Crippen LogP contribution in [0.25, 0.3) is 0 Å². The second kappa shape index (κ2) is 16.5. The first kappa shape index (κ1) is 35.2. The Hall–Kier alpha value is 0.200. The third-order valence-electron chi connectivity index (χ3n) is 4.73. The summed E-state index contributed by atoms with van der Waals surface area (Å²) in [7, 11) is 0. The monoisotopic (exact) mass is 1050 g/mol. The van der Waals surface area contributed by atoms with Gasteiger partial charge in [0.25, 0.3) is 5.91 Å². The minimum absolute atomic E-state index is 0.102. The lowest BCUT2D eigenvalue weighted by Crippen LogP contribution is -2.44. The summed E-state index contributed by atoms with van der Waals surface area (Å²) in [5.74, 6) is -2.66. The van der Waals surface area contributed by atoms with Crippen LogP contribution in [0.4, 0.5) is 5.69 Å². The maximum Gasteiger partial charge on any atom is 0.337 e. The molecule has 4 N–H and O–H groups in total. The van der Waals surface area contributed by atoms with E-state index in [1.54, 1.807) is 20.8 Å². The number of hydrogen-bond acceptors (Lipinski definition) is 5. The Morgan fingerprint density at radius 1 is 0.757 bits per heavy atom. The van der Waals surface area contributed by atoms with Crippen LogP contribution >= 0.6 is 116 Å². The summed E-state index contributed by atoms with van der Waals surface area (Å²) in [5, 5.41) is 18.0. The summed E-state index contributed by atoms with van der Waals surface area (Å²) in [6.45, 7) is 5.44. The van der Waals surface area contributed by atoms with E-state index in [4.69, 9.17) is 0 Å². The number of benzene rings is 1. The highest BCUT2D eigenvalue weighted by atomic mass is 127. The van der Waals surface area contributed by atoms with E-state index in [0.717, 1.165) is 0 Å². The minimum Gasteiger partial charge on any atom is -0.478 e. The van der Waals surface area contributed by atoms with Crippen molar-refractivity contribution in [2.24, 2.45) is 0 Å². The number of aromatic carboxylic acids is 1. The molecule has 0 aliphatic rings. The molecule has 3 unspecified atom stereocenters. The average molecular weight is 1050 g/mol. The number of halogens is 6. The Labute approximate surface area is 280 Å². The van der Waals surface area contributed by atoms with E-state index in [-0.39, 0.29) is 58.4 Å². The van der Waals surface area contributed by atoms with Crippen molar-refractivity contribution >= 4 is 151 Å². The summed E-state index contributed by atoms with van der Waals surface area (Å²) in [5.41, 5.74) is 0.226. The maximum absolute atomic E-state index is 13.8. The second-order valence-corrected chi connectivity index (χ2v) is 14.9. The van der Waals surface area contributed by atoms with Crippen molar-refractivity contribution in [2.45, 2.75) is 35.3 Å². The van der Waals surface area contributed by atoms with Crippen LogP contribution in [-0.4, -0.2) is 80.3 Å². The fourth-order valence-electron chi connectivity index (χ4n) is 2.75. The topological polar surface area (TPSA) is 145 Å². The molecular formula is C21H24Br3I3N4O6. The van der Waals surface area contributed by atoms with Crippen LogP contribution in [0.5, 0.6) is 0 Å². The van der Waals surface area contributed by atoms with Gasteiger partial charge in [-0.15, -0.1) is 0 Å². The number of alkyl halides is 3. The van der Waals surface area contributed by atoms with Gasteiger partial charge < -0.3 is 26.0 Å². The Morgan fingerprint density at radius 2 is 1.16 bits per heavy atom. The smallest absolute Gasteiger partial charge is 0.337 e. The number of nitrogens with one attached hydrogen (secondary N) is 3. The van der Waals surface area contributed by atoms with Crippen molar-refractivity contribution in [1.82, 2.24) is 15.5 Å². The van der Waals surface area contributed by atoms with E-state index in [2.05, 4.69) is 63.7 Å². The molecule has 0 saturated carbocycles. The SMILES string of the molecule is CC(Br)C(=O)NCCN(CCNC(=O)C(C)Br)C(=O)c1c(I)c(NC(=O)C(C)Br)c(I)c(C(=O)O)c1I. The highest BCUT2D eigenvalue weighted by molar-refractivity contribution is 14.1. The molecule has 0 aliphatic heterocycles. The highest BCUT2D eigenvalue weighted by Crippen LogP contribution is 2.36. The molecule has 0 heterocycles. The highest BCUT2D eigenvalue weighted by Gasteiger charge is 2.31. The molecule has 3 atom stereocenters. The Morgan fingerprint density at radius 3 is 1.54 bits per heavy atom. The Balaban J connectivity index is 3.49. The van der Waals surface area contributed by atoms with E-state index in [9.17, 15) is 29.1 Å². The van der Waals surface area contributed by atoms with Gasteiger partial charge in [-0.2, -0.15) is 0 Å². The van der Waals surface area contributed by atoms with Crippen molar-refractivity contribution in [3.8, 4) is 0 Å². The third-order valence-corrected chi connectivity index (χ3v) is 9.21. The second-order valence-electron chi connectivity index (χ2n) is 7.58. The van der Waals surface area contributed by atoms with Gasteiger partial charge in [0.2, 0.25) is 17.7 Å². The van der Waals surface area contributed by atoms with Crippen molar-refractivity contribution in [3.05, 3.63) is 21.8 Å². The van der Waals surface area contributed by atoms with Gasteiger partial charge in [-0.1, -0.05) is 47.8 Å². The Kier molecular flexibility index (Phi) is 15.7. The fourth-order valence-corrected chi connectivity index (χ4v) is 7.55. The molecule has 0 fully saturated rings. The van der Waals surface area contributed by atoms with E-state index >= 15 is 0 Å². The lowest BCUT2D eigenvalue weighted by molar-refractivity contribution is -0.120. The standard InChI is InChI=1S/C21H24Br3I3N4O6/c1-8(22)17(32)28-4-6-31(7-5-29-18(33)9(2)23)20(35)11-13(25)12(21(36)37)15(27)16(14(11)26)30-19(34)10(3)24/h8-10H,4-7H2,1-3H3,(H,28,32)(H,29,33)(H,30,34)(H,36,37). The molecule has 0 bridgehead atoms.